The van der Waals surface area contributed by atoms with E-state index in [0.29, 0.717) is 21.7 Å². The summed E-state index contributed by atoms with van der Waals surface area (Å²) in [6.45, 7) is 10.2. The van der Waals surface area contributed by atoms with Gasteiger partial charge < -0.3 is 0 Å². The summed E-state index contributed by atoms with van der Waals surface area (Å²) < 4.78 is 0. The van der Waals surface area contributed by atoms with Crippen LogP contribution in [0.5, 0.6) is 0 Å². The maximum atomic E-state index is 2.54. The van der Waals surface area contributed by atoms with E-state index in [1.165, 1.54) is 25.7 Å². The average Bonchev–Trinajstić information content (AvgIpc) is 2.07. The predicted octanol–water partition coefficient (Wildman–Crippen LogP) is 3.61. The van der Waals surface area contributed by atoms with Crippen molar-refractivity contribution in [3.8, 4) is 0 Å². The summed E-state index contributed by atoms with van der Waals surface area (Å²) in [5.74, 6) is 0. The van der Waals surface area contributed by atoms with Crippen molar-refractivity contribution in [2.24, 2.45) is 21.7 Å². The van der Waals surface area contributed by atoms with Crippen LogP contribution in [0.2, 0.25) is 0 Å². The first kappa shape index (κ1) is 7.41. The van der Waals surface area contributed by atoms with E-state index in [4.69, 9.17) is 0 Å². The third kappa shape index (κ3) is 0.324. The lowest BCUT2D eigenvalue weighted by Gasteiger charge is -2.91. The maximum Gasteiger partial charge on any atom is -0.0207 e. The Morgan fingerprint density at radius 3 is 0.750 bits per heavy atom. The van der Waals surface area contributed by atoms with Crippen LogP contribution in [0.15, 0.2) is 0 Å². The van der Waals surface area contributed by atoms with Crippen LogP contribution >= 0.6 is 0 Å². The fraction of sp³-hybridized carbons (Fsp3) is 1.00. The zero-order valence-corrected chi connectivity index (χ0v) is 8.83. The molecule has 0 nitrogen and oxygen atoms in total. The summed E-state index contributed by atoms with van der Waals surface area (Å²) in [4.78, 5) is 0. The van der Waals surface area contributed by atoms with Gasteiger partial charge in [-0.3, -0.25) is 0 Å². The number of hydrogen-bond acceptors (Lipinski definition) is 0. The SMILES string of the molecule is CC12CCC1(C)C1(C)CCC21C. The van der Waals surface area contributed by atoms with Gasteiger partial charge in [0.2, 0.25) is 0 Å². The first-order chi connectivity index (χ1) is 5.41. The van der Waals surface area contributed by atoms with Gasteiger partial charge in [-0.05, 0) is 47.3 Å². The molecule has 3 saturated carbocycles. The van der Waals surface area contributed by atoms with Crippen LogP contribution in [0, 0.1) is 21.7 Å². The summed E-state index contributed by atoms with van der Waals surface area (Å²) in [5.41, 5.74) is 2.86. The Hall–Kier alpha value is 0. The average molecular weight is 164 g/mol. The second-order valence-corrected chi connectivity index (χ2v) is 6.33. The molecule has 3 aliphatic rings. The van der Waals surface area contributed by atoms with Gasteiger partial charge in [0.05, 0.1) is 0 Å². The molecule has 0 aromatic rings. The maximum absolute atomic E-state index is 2.54. The van der Waals surface area contributed by atoms with E-state index >= 15 is 0 Å². The zero-order valence-electron chi connectivity index (χ0n) is 8.83. The van der Waals surface area contributed by atoms with Crippen molar-refractivity contribution in [2.45, 2.75) is 53.4 Å². The minimum absolute atomic E-state index is 0.715. The van der Waals surface area contributed by atoms with Crippen molar-refractivity contribution in [3.63, 3.8) is 0 Å². The van der Waals surface area contributed by atoms with E-state index < -0.39 is 0 Å². The minimum atomic E-state index is 0.715. The second kappa shape index (κ2) is 1.40. The number of fused-ring (bicyclic) bond motifs is 4. The summed E-state index contributed by atoms with van der Waals surface area (Å²) in [6.07, 6.45) is 5.98. The van der Waals surface area contributed by atoms with Crippen LogP contribution in [0.4, 0.5) is 0 Å². The highest BCUT2D eigenvalue weighted by molar-refractivity contribution is 5.34. The fourth-order valence-electron chi connectivity index (χ4n) is 5.23. The molecule has 0 aromatic carbocycles. The van der Waals surface area contributed by atoms with Crippen molar-refractivity contribution in [3.05, 3.63) is 0 Å². The highest BCUT2D eigenvalue weighted by Gasteiger charge is 2.86. The first-order valence-electron chi connectivity index (χ1n) is 5.41. The smallest absolute Gasteiger partial charge is 0.0207 e. The molecule has 0 heterocycles. The van der Waals surface area contributed by atoms with Crippen LogP contribution in [0.1, 0.15) is 53.4 Å². The molecular weight excluding hydrogens is 144 g/mol. The Bertz CT molecular complexity index is 197. The van der Waals surface area contributed by atoms with Crippen LogP contribution in [0.25, 0.3) is 0 Å². The molecule has 0 atom stereocenters. The molecule has 0 bridgehead atoms. The molecule has 3 fully saturated rings. The Morgan fingerprint density at radius 1 is 0.500 bits per heavy atom. The van der Waals surface area contributed by atoms with Gasteiger partial charge in [0.15, 0.2) is 0 Å². The highest BCUT2D eigenvalue weighted by atomic mass is 14.9. The summed E-state index contributed by atoms with van der Waals surface area (Å²) in [6, 6.07) is 0. The fourth-order valence-corrected chi connectivity index (χ4v) is 5.23. The number of hydrogen-bond donors (Lipinski definition) is 0. The molecule has 0 aromatic heterocycles. The minimum Gasteiger partial charge on any atom is -0.0586 e. The topological polar surface area (TPSA) is 0 Å². The Balaban J connectivity index is 2.11. The molecule has 68 valence electrons. The van der Waals surface area contributed by atoms with Gasteiger partial charge in [0.25, 0.3) is 0 Å². The Kier molecular flexibility index (Phi) is 0.866. The van der Waals surface area contributed by atoms with Gasteiger partial charge in [-0.2, -0.15) is 0 Å². The van der Waals surface area contributed by atoms with Crippen molar-refractivity contribution in [1.82, 2.24) is 0 Å². The predicted molar refractivity (Wildman–Crippen MR) is 50.9 cm³/mol. The van der Waals surface area contributed by atoms with E-state index in [-0.39, 0.29) is 0 Å². The van der Waals surface area contributed by atoms with Crippen LogP contribution in [0.3, 0.4) is 0 Å². The van der Waals surface area contributed by atoms with Gasteiger partial charge in [-0.15, -0.1) is 0 Å². The zero-order chi connectivity index (χ0) is 8.83. The van der Waals surface area contributed by atoms with Crippen LogP contribution in [-0.2, 0) is 0 Å². The summed E-state index contributed by atoms with van der Waals surface area (Å²) >= 11 is 0. The molecule has 0 heteroatoms. The normalized spacial score (nSPS) is 73.0. The van der Waals surface area contributed by atoms with Gasteiger partial charge in [0, 0.05) is 0 Å². The quantitative estimate of drug-likeness (QED) is 0.513. The standard InChI is InChI=1S/C12H20/c1-9-5-6-10(9,2)12(4)8-7-11(9,12)3/h5-8H2,1-4H3. The van der Waals surface area contributed by atoms with Crippen molar-refractivity contribution in [2.75, 3.05) is 0 Å². The molecule has 12 heavy (non-hydrogen) atoms. The van der Waals surface area contributed by atoms with Crippen molar-refractivity contribution >= 4 is 0 Å². The molecule has 3 aliphatic carbocycles. The van der Waals surface area contributed by atoms with Crippen LogP contribution in [-0.4, -0.2) is 0 Å². The lowest BCUT2D eigenvalue weighted by Crippen LogP contribution is -2.84. The van der Waals surface area contributed by atoms with Gasteiger partial charge in [-0.1, -0.05) is 27.7 Å². The molecule has 3 rings (SSSR count). The molecule has 0 N–H and O–H groups in total. The van der Waals surface area contributed by atoms with E-state index in [9.17, 15) is 0 Å². The van der Waals surface area contributed by atoms with Gasteiger partial charge in [-0.25, -0.2) is 0 Å². The van der Waals surface area contributed by atoms with Crippen LogP contribution < -0.4 is 0 Å². The molecule has 0 aliphatic heterocycles. The lowest BCUT2D eigenvalue weighted by molar-refractivity contribution is -0.425. The molecule has 0 amide bonds. The van der Waals surface area contributed by atoms with Gasteiger partial charge in [0.1, 0.15) is 0 Å². The van der Waals surface area contributed by atoms with E-state index in [1.54, 1.807) is 0 Å². The summed E-state index contributed by atoms with van der Waals surface area (Å²) in [5, 5.41) is 0. The monoisotopic (exact) mass is 164 g/mol. The van der Waals surface area contributed by atoms with Crippen molar-refractivity contribution < 1.29 is 0 Å². The molecule has 0 radical (unpaired) electrons. The Morgan fingerprint density at radius 2 is 0.667 bits per heavy atom. The van der Waals surface area contributed by atoms with E-state index in [0.717, 1.165) is 0 Å². The summed E-state index contributed by atoms with van der Waals surface area (Å²) in [7, 11) is 0. The Labute approximate surface area is 75.7 Å². The molecule has 0 spiro atoms. The third-order valence-corrected chi connectivity index (χ3v) is 7.12. The number of rotatable bonds is 0. The van der Waals surface area contributed by atoms with E-state index in [2.05, 4.69) is 27.7 Å². The second-order valence-electron chi connectivity index (χ2n) is 6.33. The third-order valence-electron chi connectivity index (χ3n) is 7.12. The van der Waals surface area contributed by atoms with Gasteiger partial charge >= 0.3 is 0 Å². The lowest BCUT2D eigenvalue weighted by atomic mass is 9.13. The van der Waals surface area contributed by atoms with Crippen molar-refractivity contribution in [1.29, 1.82) is 0 Å². The largest absolute Gasteiger partial charge is 0.0586 e. The first-order valence-corrected chi connectivity index (χ1v) is 5.41. The molecule has 0 saturated heterocycles. The molecule has 0 unspecified atom stereocenters. The van der Waals surface area contributed by atoms with E-state index in [1.807, 2.05) is 0 Å². The highest BCUT2D eigenvalue weighted by Crippen LogP contribution is 2.93. The molecular formula is C12H20.